The van der Waals surface area contributed by atoms with Gasteiger partial charge in [0.1, 0.15) is 0 Å². The molecule has 0 bridgehead atoms. The van der Waals surface area contributed by atoms with Crippen LogP contribution in [0.15, 0.2) is 97.1 Å². The van der Waals surface area contributed by atoms with Gasteiger partial charge < -0.3 is 15.2 Å². The first-order valence-corrected chi connectivity index (χ1v) is 16.4. The normalized spacial score (nSPS) is 13.0. The van der Waals surface area contributed by atoms with Crippen molar-refractivity contribution in [2.45, 2.75) is 39.5 Å². The van der Waals surface area contributed by atoms with Crippen molar-refractivity contribution in [2.24, 2.45) is 5.41 Å². The summed E-state index contributed by atoms with van der Waals surface area (Å²) in [4.78, 5) is 26.5. The van der Waals surface area contributed by atoms with Gasteiger partial charge in [0.25, 0.3) is 5.91 Å². The van der Waals surface area contributed by atoms with Gasteiger partial charge in [0.05, 0.1) is 5.92 Å². The second-order valence-corrected chi connectivity index (χ2v) is 13.5. The number of hydrogen-bond acceptors (Lipinski definition) is 4. The van der Waals surface area contributed by atoms with Gasteiger partial charge in [-0.15, -0.1) is 0 Å². The van der Waals surface area contributed by atoms with E-state index < -0.39 is 5.92 Å². The molecule has 3 N–H and O–H groups in total. The molecule has 0 aliphatic carbocycles. The lowest BCUT2D eigenvalue weighted by atomic mass is 9.81. The summed E-state index contributed by atoms with van der Waals surface area (Å²) in [5, 5.41) is 7.03. The summed E-state index contributed by atoms with van der Waals surface area (Å²) in [7, 11) is 0. The Labute approximate surface area is 280 Å². The average molecular weight is 662 g/mol. The van der Waals surface area contributed by atoms with Crippen molar-refractivity contribution in [1.29, 1.82) is 0 Å². The molecular weight excluding hydrogens is 623 g/mol. The van der Waals surface area contributed by atoms with Crippen molar-refractivity contribution in [1.82, 2.24) is 5.32 Å². The highest BCUT2D eigenvalue weighted by Gasteiger charge is 2.28. The second kappa shape index (κ2) is 15.6. The van der Waals surface area contributed by atoms with Gasteiger partial charge in [-0.2, -0.15) is 0 Å². The number of carbonyl (C=O) groups is 2. The van der Waals surface area contributed by atoms with E-state index in [1.54, 1.807) is 24.3 Å². The molecule has 2 unspecified atom stereocenters. The number of benzene rings is 4. The van der Waals surface area contributed by atoms with E-state index in [1.165, 1.54) is 0 Å². The monoisotopic (exact) mass is 660 g/mol. The van der Waals surface area contributed by atoms with E-state index in [0.717, 1.165) is 27.8 Å². The number of nitrogens with one attached hydrogen (secondary N) is 2. The predicted molar refractivity (Wildman–Crippen MR) is 190 cm³/mol. The molecule has 0 radical (unpaired) electrons. The Kier molecular flexibility index (Phi) is 11.9. The quantitative estimate of drug-likeness (QED) is 0.110. The second-order valence-electron chi connectivity index (χ2n) is 12.0. The van der Waals surface area contributed by atoms with E-state index in [9.17, 15) is 9.59 Å². The van der Waals surface area contributed by atoms with E-state index in [4.69, 9.17) is 27.8 Å². The first-order chi connectivity index (χ1) is 21.4. The molecule has 0 saturated heterocycles. The van der Waals surface area contributed by atoms with Crippen LogP contribution in [0.3, 0.4) is 0 Å². The molecule has 4 rings (SSSR count). The van der Waals surface area contributed by atoms with Gasteiger partial charge in [-0.3, -0.25) is 9.59 Å². The van der Waals surface area contributed by atoms with Crippen molar-refractivity contribution in [3.05, 3.63) is 129 Å². The van der Waals surface area contributed by atoms with Crippen LogP contribution in [0, 0.1) is 5.41 Å². The maximum atomic E-state index is 14.0. The van der Waals surface area contributed by atoms with Crippen LogP contribution in [0.1, 0.15) is 66.6 Å². The fraction of sp³-hybridized carbons (Fsp3) is 0.243. The number of anilines is 1. The molecular formula is C37H38Cl2N2O3S. The third kappa shape index (κ3) is 9.72. The van der Waals surface area contributed by atoms with Crippen molar-refractivity contribution < 1.29 is 14.1 Å². The van der Waals surface area contributed by atoms with Crippen LogP contribution in [0.2, 0.25) is 10.0 Å². The molecule has 0 aromatic heterocycles. The summed E-state index contributed by atoms with van der Waals surface area (Å²) < 4.78 is 8.90. The minimum Gasteiger partial charge on any atom is -0.351 e. The molecule has 0 spiro atoms. The molecule has 4 aromatic carbocycles. The largest absolute Gasteiger partial charge is 0.351 e. The summed E-state index contributed by atoms with van der Waals surface area (Å²) >= 11 is 13.2. The summed E-state index contributed by atoms with van der Waals surface area (Å²) in [6.07, 6.45) is 4.26. The van der Waals surface area contributed by atoms with E-state index in [2.05, 4.69) is 43.6 Å². The predicted octanol–water partition coefficient (Wildman–Crippen LogP) is 10.2. The zero-order valence-corrected chi connectivity index (χ0v) is 28.1. The molecule has 234 valence electrons. The Hall–Kier alpha value is -3.55. The highest BCUT2D eigenvalue weighted by molar-refractivity contribution is 7.93. The summed E-state index contributed by atoms with van der Waals surface area (Å²) in [6.45, 7) is 8.85. The Bertz CT molecular complexity index is 1630. The highest BCUT2D eigenvalue weighted by atomic mass is 35.5. The average Bonchev–Trinajstić information content (AvgIpc) is 3.01. The van der Waals surface area contributed by atoms with Crippen molar-refractivity contribution in [3.8, 4) is 11.1 Å². The van der Waals surface area contributed by atoms with Gasteiger partial charge in [-0.1, -0.05) is 118 Å². The number of amides is 2. The molecule has 0 heterocycles. The number of carbonyl (C=O) groups excluding carboxylic acids is 2. The van der Waals surface area contributed by atoms with Crippen LogP contribution < -0.4 is 10.6 Å². The van der Waals surface area contributed by atoms with E-state index in [-0.39, 0.29) is 23.1 Å². The minimum atomic E-state index is -0.503. The van der Waals surface area contributed by atoms with Crippen molar-refractivity contribution >= 4 is 58.8 Å². The molecule has 45 heavy (non-hydrogen) atoms. The maximum Gasteiger partial charge on any atom is 0.251 e. The Morgan fingerprint density at radius 2 is 1.53 bits per heavy atom. The van der Waals surface area contributed by atoms with E-state index >= 15 is 0 Å². The molecule has 4 aromatic rings. The smallest absolute Gasteiger partial charge is 0.251 e. The van der Waals surface area contributed by atoms with Gasteiger partial charge in [0.15, 0.2) is 0 Å². The lowest BCUT2D eigenvalue weighted by molar-refractivity contribution is -0.118. The zero-order valence-electron chi connectivity index (χ0n) is 25.8. The molecule has 0 saturated carbocycles. The lowest BCUT2D eigenvalue weighted by Crippen LogP contribution is -2.26. The van der Waals surface area contributed by atoms with Crippen LogP contribution in [-0.2, 0) is 4.79 Å². The maximum absolute atomic E-state index is 14.0. The third-order valence-electron chi connectivity index (χ3n) is 7.43. The van der Waals surface area contributed by atoms with Crippen LogP contribution in [-0.4, -0.2) is 28.7 Å². The van der Waals surface area contributed by atoms with Gasteiger partial charge in [0.2, 0.25) is 5.91 Å². The Morgan fingerprint density at radius 3 is 2.13 bits per heavy atom. The number of allylic oxidation sites excluding steroid dienone is 1. The Morgan fingerprint density at radius 1 is 0.889 bits per heavy atom. The molecule has 0 aliphatic heterocycles. The number of hydrogen-bond donors (Lipinski definition) is 3. The summed E-state index contributed by atoms with van der Waals surface area (Å²) in [5.74, 6) is -0.630. The van der Waals surface area contributed by atoms with Crippen LogP contribution in [0.4, 0.5) is 5.69 Å². The first-order valence-electron chi connectivity index (χ1n) is 14.8. The third-order valence-corrected chi connectivity index (χ3v) is 8.36. The minimum absolute atomic E-state index is 0.0604. The number of halogens is 2. The Balaban J connectivity index is 1.59. The van der Waals surface area contributed by atoms with Crippen LogP contribution in [0.25, 0.3) is 17.2 Å². The first kappa shape index (κ1) is 34.3. The van der Waals surface area contributed by atoms with Crippen LogP contribution >= 0.6 is 35.2 Å². The molecule has 2 amide bonds. The molecule has 5 nitrogen and oxygen atoms in total. The summed E-state index contributed by atoms with van der Waals surface area (Å²) in [5.41, 5.74) is 5.91. The highest BCUT2D eigenvalue weighted by Crippen LogP contribution is 2.35. The molecule has 2 atom stereocenters. The van der Waals surface area contributed by atoms with Gasteiger partial charge in [-0.05, 0) is 82.0 Å². The van der Waals surface area contributed by atoms with Crippen molar-refractivity contribution in [3.63, 3.8) is 0 Å². The summed E-state index contributed by atoms with van der Waals surface area (Å²) in [6, 6.07) is 28.4. The van der Waals surface area contributed by atoms with Crippen molar-refractivity contribution in [2.75, 3.05) is 17.6 Å². The fourth-order valence-corrected chi connectivity index (χ4v) is 5.66. The van der Waals surface area contributed by atoms with Gasteiger partial charge in [0, 0.05) is 39.2 Å². The molecule has 0 fully saturated rings. The van der Waals surface area contributed by atoms with Gasteiger partial charge >= 0.3 is 0 Å². The topological polar surface area (TPSA) is 78.4 Å². The lowest BCUT2D eigenvalue weighted by Gasteiger charge is -2.25. The van der Waals surface area contributed by atoms with E-state index in [0.29, 0.717) is 45.6 Å². The zero-order chi connectivity index (χ0) is 32.6. The SMILES string of the molecule is CC(c1ccc(C(=O)NCCSO)cc1)C(C(=O)Nc1ccc(-c2ccc(Cl)cc2Cl)cc1)c1ccc(/C=C/C(C)(C)C)cc1. The standard InChI is InChI=1S/C37H38Cl2N2O3S/c1-24(26-9-11-29(12-10-26)35(42)40-21-22-45-44)34(28-7-5-25(6-8-28)19-20-37(2,3)4)36(43)41-31-16-13-27(14-17-31)32-18-15-30(38)23-33(32)39/h5-20,23-24,34,44H,21-22H2,1-4H3,(H,40,42)(H,41,43)/b20-19+. The van der Waals surface area contributed by atoms with Gasteiger partial charge in [-0.25, -0.2) is 0 Å². The van der Waals surface area contributed by atoms with E-state index in [1.807, 2.05) is 73.7 Å². The number of rotatable bonds is 11. The van der Waals surface area contributed by atoms with Crippen LogP contribution in [0.5, 0.6) is 0 Å². The molecule has 8 heteroatoms. The molecule has 0 aliphatic rings. The fourth-order valence-electron chi connectivity index (χ4n) is 4.95.